The monoisotopic (exact) mass is 142 g/mol. The highest BCUT2D eigenvalue weighted by Gasteiger charge is 2.03. The molecule has 0 atom stereocenters. The smallest absolute Gasteiger partial charge is 0.183 e. The number of hydrogen-bond donors (Lipinski definition) is 0. The molecule has 0 bridgehead atoms. The van der Waals surface area contributed by atoms with Crippen LogP contribution in [0.2, 0.25) is 0 Å². The van der Waals surface area contributed by atoms with Crippen LogP contribution in [-0.4, -0.2) is 14.5 Å². The maximum Gasteiger partial charge on any atom is 0.183 e. The highest BCUT2D eigenvalue weighted by molar-refractivity contribution is 6.99. The molecular weight excluding hydrogens is 136 g/mol. The first kappa shape index (κ1) is 6.35. The van der Waals surface area contributed by atoms with Crippen LogP contribution in [0.15, 0.2) is 6.20 Å². The number of nitrogens with zero attached hydrogens (tertiary/aromatic N) is 2. The molecule has 3 nitrogen and oxygen atoms in total. The third-order valence-corrected chi connectivity index (χ3v) is 1.45. The second-order valence-corrected chi connectivity index (χ2v) is 2.13. The van der Waals surface area contributed by atoms with Crippen LogP contribution in [0.25, 0.3) is 0 Å². The van der Waals surface area contributed by atoms with E-state index in [1.54, 1.807) is 0 Å². The molecule has 0 fully saturated rings. The van der Waals surface area contributed by atoms with Gasteiger partial charge in [0.05, 0.1) is 17.9 Å². The molecule has 0 aliphatic carbocycles. The molecule has 1 heterocycles. The molecule has 0 aliphatic rings. The quantitative estimate of drug-likeness (QED) is 0.581. The molecule has 0 unspecified atom stereocenters. The van der Waals surface area contributed by atoms with E-state index in [1.165, 1.54) is 6.20 Å². The lowest BCUT2D eigenvalue weighted by atomic mass is 10.2. The van der Waals surface area contributed by atoms with Crippen molar-refractivity contribution < 1.29 is 4.79 Å². The van der Waals surface area contributed by atoms with Gasteiger partial charge in [-0.1, -0.05) is 6.92 Å². The number of ketones is 1. The van der Waals surface area contributed by atoms with Crippen molar-refractivity contribution in [1.29, 1.82) is 0 Å². The molecule has 0 amide bonds. The third-order valence-electron chi connectivity index (χ3n) is 0.968. The summed E-state index contributed by atoms with van der Waals surface area (Å²) in [6.45, 7) is 1.81. The van der Waals surface area contributed by atoms with E-state index in [0.29, 0.717) is 12.1 Å². The topological polar surface area (TPSA) is 42.9 Å². The maximum absolute atomic E-state index is 10.8. The Bertz CT molecular complexity index is 195. The fourth-order valence-electron chi connectivity index (χ4n) is 0.469. The summed E-state index contributed by atoms with van der Waals surface area (Å²) in [7, 11) is 0. The van der Waals surface area contributed by atoms with Gasteiger partial charge in [-0.2, -0.15) is 8.75 Å². The van der Waals surface area contributed by atoms with Crippen LogP contribution in [0.5, 0.6) is 0 Å². The molecular formula is C5H6N2OS. The molecule has 1 aromatic heterocycles. The first-order valence-electron chi connectivity index (χ1n) is 2.65. The van der Waals surface area contributed by atoms with Crippen LogP contribution < -0.4 is 0 Å². The molecule has 0 aromatic carbocycles. The molecule has 0 N–H and O–H groups in total. The fourth-order valence-corrected chi connectivity index (χ4v) is 0.900. The summed E-state index contributed by atoms with van der Waals surface area (Å²) in [4.78, 5) is 10.8. The Morgan fingerprint density at radius 1 is 1.89 bits per heavy atom. The third kappa shape index (κ3) is 1.32. The van der Waals surface area contributed by atoms with Crippen molar-refractivity contribution in [2.75, 3.05) is 0 Å². The molecule has 0 radical (unpaired) electrons. The van der Waals surface area contributed by atoms with Crippen molar-refractivity contribution in [3.05, 3.63) is 11.9 Å². The average Bonchev–Trinajstić information content (AvgIpc) is 2.37. The number of aromatic nitrogens is 2. The minimum Gasteiger partial charge on any atom is -0.292 e. The molecule has 0 saturated heterocycles. The molecule has 9 heavy (non-hydrogen) atoms. The van der Waals surface area contributed by atoms with Crippen LogP contribution >= 0.6 is 11.7 Å². The first-order chi connectivity index (χ1) is 4.34. The predicted octanol–water partition coefficient (Wildman–Crippen LogP) is 1.13. The highest BCUT2D eigenvalue weighted by atomic mass is 32.1. The molecule has 4 heteroatoms. The van der Waals surface area contributed by atoms with E-state index in [2.05, 4.69) is 8.75 Å². The van der Waals surface area contributed by atoms with Gasteiger partial charge in [0, 0.05) is 6.42 Å². The van der Waals surface area contributed by atoms with Gasteiger partial charge in [0.1, 0.15) is 5.69 Å². The Morgan fingerprint density at radius 3 is 3.11 bits per heavy atom. The molecule has 1 aromatic rings. The minimum atomic E-state index is 0.0590. The SMILES string of the molecule is CCC(=O)c1cnsn1. The van der Waals surface area contributed by atoms with Crippen LogP contribution in [0.4, 0.5) is 0 Å². The molecule has 1 rings (SSSR count). The zero-order valence-corrected chi connectivity index (χ0v) is 5.81. The van der Waals surface area contributed by atoms with E-state index in [4.69, 9.17) is 0 Å². The van der Waals surface area contributed by atoms with E-state index in [9.17, 15) is 4.79 Å². The van der Waals surface area contributed by atoms with Gasteiger partial charge in [0.2, 0.25) is 0 Å². The summed E-state index contributed by atoms with van der Waals surface area (Å²) >= 11 is 1.06. The molecule has 0 saturated carbocycles. The second-order valence-electron chi connectivity index (χ2n) is 1.57. The highest BCUT2D eigenvalue weighted by Crippen LogP contribution is 1.98. The lowest BCUT2D eigenvalue weighted by Crippen LogP contribution is -1.94. The predicted molar refractivity (Wildman–Crippen MR) is 34.5 cm³/mol. The van der Waals surface area contributed by atoms with Gasteiger partial charge in [-0.25, -0.2) is 0 Å². The van der Waals surface area contributed by atoms with E-state index >= 15 is 0 Å². The van der Waals surface area contributed by atoms with Crippen molar-refractivity contribution in [3.8, 4) is 0 Å². The molecule has 48 valence electrons. The van der Waals surface area contributed by atoms with Gasteiger partial charge in [-0.05, 0) is 0 Å². The largest absolute Gasteiger partial charge is 0.292 e. The number of carbonyl (C=O) groups is 1. The summed E-state index contributed by atoms with van der Waals surface area (Å²) in [6.07, 6.45) is 2.00. The normalized spacial score (nSPS) is 9.44. The van der Waals surface area contributed by atoms with Crippen LogP contribution in [0, 0.1) is 0 Å². The lowest BCUT2D eigenvalue weighted by Gasteiger charge is -1.83. The summed E-state index contributed by atoms with van der Waals surface area (Å²) in [5, 5.41) is 0. The number of rotatable bonds is 2. The van der Waals surface area contributed by atoms with Crippen LogP contribution in [0.3, 0.4) is 0 Å². The van der Waals surface area contributed by atoms with Crippen molar-refractivity contribution in [1.82, 2.24) is 8.75 Å². The van der Waals surface area contributed by atoms with Gasteiger partial charge in [-0.3, -0.25) is 4.79 Å². The van der Waals surface area contributed by atoms with Crippen molar-refractivity contribution >= 4 is 17.5 Å². The number of carbonyl (C=O) groups excluding carboxylic acids is 1. The molecule has 0 aliphatic heterocycles. The van der Waals surface area contributed by atoms with E-state index in [0.717, 1.165) is 11.7 Å². The number of hydrogen-bond acceptors (Lipinski definition) is 4. The first-order valence-corrected chi connectivity index (χ1v) is 3.38. The van der Waals surface area contributed by atoms with E-state index in [1.807, 2.05) is 6.92 Å². The Morgan fingerprint density at radius 2 is 2.67 bits per heavy atom. The Hall–Kier alpha value is -0.770. The average molecular weight is 142 g/mol. The van der Waals surface area contributed by atoms with E-state index < -0.39 is 0 Å². The van der Waals surface area contributed by atoms with Crippen molar-refractivity contribution in [2.45, 2.75) is 13.3 Å². The Labute approximate surface area is 57.0 Å². The zero-order valence-electron chi connectivity index (χ0n) is 5.00. The Kier molecular flexibility index (Phi) is 1.89. The zero-order chi connectivity index (χ0) is 6.69. The number of Topliss-reactive ketones (excluding diaryl/α,β-unsaturated/α-hetero) is 1. The van der Waals surface area contributed by atoms with Crippen molar-refractivity contribution in [3.63, 3.8) is 0 Å². The van der Waals surface area contributed by atoms with Gasteiger partial charge in [0.25, 0.3) is 0 Å². The van der Waals surface area contributed by atoms with Gasteiger partial charge < -0.3 is 0 Å². The van der Waals surface area contributed by atoms with Gasteiger partial charge in [-0.15, -0.1) is 0 Å². The standard InChI is InChI=1S/C5H6N2OS/c1-2-5(8)4-3-6-9-7-4/h3H,2H2,1H3. The van der Waals surface area contributed by atoms with E-state index in [-0.39, 0.29) is 5.78 Å². The lowest BCUT2D eigenvalue weighted by molar-refractivity contribution is 0.0984. The summed E-state index contributed by atoms with van der Waals surface area (Å²) < 4.78 is 7.47. The van der Waals surface area contributed by atoms with Crippen LogP contribution in [-0.2, 0) is 0 Å². The minimum absolute atomic E-state index is 0.0590. The Balaban J connectivity index is 2.77. The van der Waals surface area contributed by atoms with Crippen LogP contribution in [0.1, 0.15) is 23.8 Å². The fraction of sp³-hybridized carbons (Fsp3) is 0.400. The van der Waals surface area contributed by atoms with Gasteiger partial charge >= 0.3 is 0 Å². The summed E-state index contributed by atoms with van der Waals surface area (Å²) in [5.74, 6) is 0.0590. The van der Waals surface area contributed by atoms with Gasteiger partial charge in [0.15, 0.2) is 5.78 Å². The second kappa shape index (κ2) is 2.68. The van der Waals surface area contributed by atoms with Crippen molar-refractivity contribution in [2.24, 2.45) is 0 Å². The summed E-state index contributed by atoms with van der Waals surface area (Å²) in [5.41, 5.74) is 0.488. The maximum atomic E-state index is 10.8. The summed E-state index contributed by atoms with van der Waals surface area (Å²) in [6, 6.07) is 0. The molecule has 0 spiro atoms.